The Morgan fingerprint density at radius 3 is 2.20 bits per heavy atom. The Kier molecular flexibility index (Phi) is 6.32. The lowest BCUT2D eigenvalue weighted by Crippen LogP contribution is -2.49. The van der Waals surface area contributed by atoms with Gasteiger partial charge < -0.3 is 20.0 Å². The fourth-order valence-corrected chi connectivity index (χ4v) is 5.15. The van der Waals surface area contributed by atoms with Crippen molar-refractivity contribution in [1.82, 2.24) is 4.90 Å². The number of hydrogen-bond acceptors (Lipinski definition) is 6. The zero-order valence-corrected chi connectivity index (χ0v) is 20.5. The summed E-state index contributed by atoms with van der Waals surface area (Å²) in [4.78, 5) is 43.5. The summed E-state index contributed by atoms with van der Waals surface area (Å²) >= 11 is 0. The fourth-order valence-electron chi connectivity index (χ4n) is 5.15. The van der Waals surface area contributed by atoms with E-state index in [9.17, 15) is 14.4 Å². The van der Waals surface area contributed by atoms with E-state index in [1.807, 2.05) is 34.1 Å². The van der Waals surface area contributed by atoms with Crippen molar-refractivity contribution in [1.29, 1.82) is 0 Å². The molecule has 0 unspecified atom stereocenters. The molecular formula is C28H32N4O3. The monoisotopic (exact) mass is 472 g/mol. The van der Waals surface area contributed by atoms with E-state index in [2.05, 4.69) is 42.3 Å². The summed E-state index contributed by atoms with van der Waals surface area (Å²) in [6.45, 7) is 9.40. The van der Waals surface area contributed by atoms with Gasteiger partial charge >= 0.3 is 0 Å². The Morgan fingerprint density at radius 1 is 0.829 bits per heavy atom. The van der Waals surface area contributed by atoms with Gasteiger partial charge in [-0.25, -0.2) is 0 Å². The Bertz CT molecular complexity index is 1290. The average Bonchev–Trinajstić information content (AvgIpc) is 3.41. The van der Waals surface area contributed by atoms with Crippen LogP contribution in [0.25, 0.3) is 0 Å². The van der Waals surface area contributed by atoms with Crippen LogP contribution < -0.4 is 26.0 Å². The molecule has 7 nitrogen and oxygen atoms in total. The molecule has 0 saturated carbocycles. The minimum Gasteiger partial charge on any atom is -0.376 e. The summed E-state index contributed by atoms with van der Waals surface area (Å²) in [6.07, 6.45) is 2.10. The second kappa shape index (κ2) is 9.56. The van der Waals surface area contributed by atoms with Crippen molar-refractivity contribution < 1.29 is 4.79 Å². The van der Waals surface area contributed by atoms with Crippen LogP contribution in [0, 0.1) is 13.8 Å². The van der Waals surface area contributed by atoms with Crippen molar-refractivity contribution in [3.05, 3.63) is 85.2 Å². The van der Waals surface area contributed by atoms with Crippen LogP contribution in [0.5, 0.6) is 0 Å². The number of benzene rings is 2. The van der Waals surface area contributed by atoms with Crippen molar-refractivity contribution in [3.8, 4) is 0 Å². The third kappa shape index (κ3) is 4.43. The Balaban J connectivity index is 1.17. The van der Waals surface area contributed by atoms with Gasteiger partial charge in [-0.2, -0.15) is 0 Å². The molecule has 7 heteroatoms. The van der Waals surface area contributed by atoms with E-state index < -0.39 is 5.43 Å². The molecule has 2 heterocycles. The van der Waals surface area contributed by atoms with Crippen LogP contribution in [0.3, 0.4) is 0 Å². The third-order valence-electron chi connectivity index (χ3n) is 7.46. The molecule has 2 aliphatic heterocycles. The van der Waals surface area contributed by atoms with Gasteiger partial charge in [-0.15, -0.1) is 0 Å². The molecule has 0 spiro atoms. The van der Waals surface area contributed by atoms with Gasteiger partial charge in [-0.05, 0) is 61.6 Å². The number of piperazine rings is 1. The largest absolute Gasteiger partial charge is 0.376 e. The van der Waals surface area contributed by atoms with Gasteiger partial charge in [0.05, 0.1) is 0 Å². The molecule has 2 saturated heterocycles. The number of nitrogens with one attached hydrogen (secondary N) is 1. The van der Waals surface area contributed by atoms with Crippen LogP contribution in [0.2, 0.25) is 0 Å². The minimum absolute atomic E-state index is 0.0453. The number of carbonyl (C=O) groups is 1. The second-order valence-corrected chi connectivity index (χ2v) is 9.62. The highest BCUT2D eigenvalue weighted by Gasteiger charge is 2.27. The van der Waals surface area contributed by atoms with Gasteiger partial charge in [0.2, 0.25) is 0 Å². The summed E-state index contributed by atoms with van der Waals surface area (Å²) in [5.74, 6) is 0.0453. The summed E-state index contributed by atoms with van der Waals surface area (Å²) in [7, 11) is 0. The molecule has 1 amide bonds. The Hall–Kier alpha value is -3.61. The van der Waals surface area contributed by atoms with Crippen LogP contribution in [-0.2, 0) is 6.54 Å². The number of amides is 1. The van der Waals surface area contributed by atoms with Crippen LogP contribution in [0.1, 0.15) is 39.9 Å². The van der Waals surface area contributed by atoms with Gasteiger partial charge in [0.15, 0.2) is 0 Å². The maximum Gasteiger partial charge on any atom is 0.253 e. The normalized spacial score (nSPS) is 16.2. The predicted octanol–water partition coefficient (Wildman–Crippen LogP) is 3.07. The Morgan fingerprint density at radius 2 is 1.51 bits per heavy atom. The summed E-state index contributed by atoms with van der Waals surface area (Å²) < 4.78 is 0. The number of rotatable bonds is 6. The zero-order chi connectivity index (χ0) is 24.5. The molecule has 0 aliphatic carbocycles. The molecule has 0 aromatic heterocycles. The van der Waals surface area contributed by atoms with Crippen LogP contribution in [-0.4, -0.2) is 50.1 Å². The van der Waals surface area contributed by atoms with E-state index in [4.69, 9.17) is 0 Å². The van der Waals surface area contributed by atoms with Gasteiger partial charge in [0.25, 0.3) is 16.8 Å². The molecular weight excluding hydrogens is 440 g/mol. The first kappa shape index (κ1) is 23.1. The molecule has 0 bridgehead atoms. The summed E-state index contributed by atoms with van der Waals surface area (Å²) in [5.41, 5.74) is 5.62. The second-order valence-electron chi connectivity index (χ2n) is 9.62. The number of hydrogen-bond donors (Lipinski definition) is 1. The van der Waals surface area contributed by atoms with E-state index in [1.54, 1.807) is 0 Å². The highest BCUT2D eigenvalue weighted by Crippen LogP contribution is 2.26. The number of aryl methyl sites for hydroxylation is 1. The number of nitrogens with zero attached hydrogens (tertiary/aromatic N) is 3. The highest BCUT2D eigenvalue weighted by atomic mass is 16.2. The summed E-state index contributed by atoms with van der Waals surface area (Å²) in [6, 6.07) is 13.9. The first-order valence-corrected chi connectivity index (χ1v) is 12.5. The minimum atomic E-state index is -0.432. The Labute approximate surface area is 205 Å². The highest BCUT2D eigenvalue weighted by molar-refractivity contribution is 5.94. The van der Waals surface area contributed by atoms with Gasteiger partial charge in [0.1, 0.15) is 11.4 Å². The van der Waals surface area contributed by atoms with Crippen molar-refractivity contribution in [2.75, 3.05) is 54.4 Å². The molecule has 2 aliphatic rings. The smallest absolute Gasteiger partial charge is 0.253 e. The van der Waals surface area contributed by atoms with E-state index in [0.717, 1.165) is 44.6 Å². The summed E-state index contributed by atoms with van der Waals surface area (Å²) in [5, 5.41) is 3.15. The molecule has 1 N–H and O–H groups in total. The zero-order valence-electron chi connectivity index (χ0n) is 20.5. The van der Waals surface area contributed by atoms with Crippen molar-refractivity contribution >= 4 is 23.0 Å². The lowest BCUT2D eigenvalue weighted by Gasteiger charge is -2.37. The van der Waals surface area contributed by atoms with Gasteiger partial charge in [0, 0.05) is 57.1 Å². The first-order valence-electron chi connectivity index (χ1n) is 12.5. The molecule has 0 atom stereocenters. The lowest BCUT2D eigenvalue weighted by atomic mass is 10.1. The van der Waals surface area contributed by atoms with E-state index >= 15 is 0 Å². The third-order valence-corrected chi connectivity index (χ3v) is 7.46. The number of carbonyl (C=O) groups excluding carboxylic acids is 1. The number of anilines is 3. The van der Waals surface area contributed by atoms with Crippen molar-refractivity contribution in [2.24, 2.45) is 0 Å². The molecule has 182 valence electrons. The molecule has 35 heavy (non-hydrogen) atoms. The van der Waals surface area contributed by atoms with E-state index in [1.165, 1.54) is 16.8 Å². The maximum atomic E-state index is 13.1. The van der Waals surface area contributed by atoms with Crippen LogP contribution >= 0.6 is 0 Å². The van der Waals surface area contributed by atoms with Gasteiger partial charge in [-0.1, -0.05) is 24.3 Å². The van der Waals surface area contributed by atoms with Crippen molar-refractivity contribution in [3.63, 3.8) is 0 Å². The van der Waals surface area contributed by atoms with E-state index in [-0.39, 0.29) is 11.3 Å². The van der Waals surface area contributed by atoms with Crippen molar-refractivity contribution in [2.45, 2.75) is 33.2 Å². The standard InChI is InChI=1S/C28H32N4O3/c1-19-6-5-7-23(20(19)2)30-14-16-32(17-15-30)28(35)22-10-8-21(9-11-22)18-29-24-25(27(34)26(24)33)31-12-3-4-13-31/h5-11,29H,3-4,12-18H2,1-2H3. The maximum absolute atomic E-state index is 13.1. The molecule has 0 radical (unpaired) electrons. The first-order chi connectivity index (χ1) is 16.9. The predicted molar refractivity (Wildman–Crippen MR) is 141 cm³/mol. The lowest BCUT2D eigenvalue weighted by molar-refractivity contribution is 0.0746. The molecule has 2 fully saturated rings. The van der Waals surface area contributed by atoms with Crippen LogP contribution in [0.4, 0.5) is 17.1 Å². The fraction of sp³-hybridized carbons (Fsp3) is 0.393. The molecule has 3 aromatic carbocycles. The van der Waals surface area contributed by atoms with Crippen LogP contribution in [0.15, 0.2) is 52.1 Å². The molecule has 5 rings (SSSR count). The van der Waals surface area contributed by atoms with Gasteiger partial charge in [-0.3, -0.25) is 14.4 Å². The average molecular weight is 473 g/mol. The molecule has 3 aromatic rings. The van der Waals surface area contributed by atoms with E-state index in [0.29, 0.717) is 36.6 Å². The SMILES string of the molecule is Cc1cccc(N2CCN(C(=O)c3ccc(CNc4c(N5CCCC5)c(=O)c4=O)cc3)CC2)c1C. The quantitative estimate of drug-likeness (QED) is 0.556. The topological polar surface area (TPSA) is 73.0 Å².